The van der Waals surface area contributed by atoms with Gasteiger partial charge in [-0.05, 0) is 18.9 Å². The summed E-state index contributed by atoms with van der Waals surface area (Å²) in [6.07, 6.45) is 6.59. The second kappa shape index (κ2) is 7.91. The molecule has 1 rings (SSSR count). The van der Waals surface area contributed by atoms with E-state index in [2.05, 4.69) is 6.92 Å². The van der Waals surface area contributed by atoms with Crippen LogP contribution in [0.15, 0.2) is 24.3 Å². The Morgan fingerprint density at radius 3 is 2.56 bits per heavy atom. The molecular weight excluding hydrogens is 224 g/mol. The number of carboxylic acid groups (broad SMARTS) is 1. The Hall–Kier alpha value is -1.31. The highest BCUT2D eigenvalue weighted by molar-refractivity contribution is 5.76. The first kappa shape index (κ1) is 14.7. The van der Waals surface area contributed by atoms with Gasteiger partial charge in [0.1, 0.15) is 0 Å². The van der Waals surface area contributed by atoms with Gasteiger partial charge in [-0.3, -0.25) is 4.79 Å². The molecule has 0 aromatic heterocycles. The van der Waals surface area contributed by atoms with Crippen molar-refractivity contribution in [3.8, 4) is 0 Å². The van der Waals surface area contributed by atoms with Gasteiger partial charge in [0, 0.05) is 0 Å². The van der Waals surface area contributed by atoms with E-state index in [-0.39, 0.29) is 5.92 Å². The molecule has 1 aromatic carbocycles. The zero-order valence-electron chi connectivity index (χ0n) is 11.5. The van der Waals surface area contributed by atoms with Crippen LogP contribution in [0.25, 0.3) is 0 Å². The molecule has 0 aliphatic rings. The molecule has 100 valence electrons. The quantitative estimate of drug-likeness (QED) is 0.686. The molecule has 1 unspecified atom stereocenters. The monoisotopic (exact) mass is 248 g/mol. The zero-order chi connectivity index (χ0) is 13.4. The van der Waals surface area contributed by atoms with Crippen LogP contribution in [0.4, 0.5) is 0 Å². The number of carbonyl (C=O) groups is 1. The molecule has 2 nitrogen and oxygen atoms in total. The summed E-state index contributed by atoms with van der Waals surface area (Å²) in [6.45, 7) is 4.19. The van der Waals surface area contributed by atoms with Crippen LogP contribution >= 0.6 is 0 Å². The van der Waals surface area contributed by atoms with Crippen molar-refractivity contribution in [2.24, 2.45) is 0 Å². The lowest BCUT2D eigenvalue weighted by Crippen LogP contribution is -2.11. The summed E-state index contributed by atoms with van der Waals surface area (Å²) in [5, 5.41) is 9.32. The van der Waals surface area contributed by atoms with Crippen molar-refractivity contribution in [1.82, 2.24) is 0 Å². The predicted molar refractivity (Wildman–Crippen MR) is 74.9 cm³/mol. The molecule has 0 bridgehead atoms. The Morgan fingerprint density at radius 2 is 1.94 bits per heavy atom. The van der Waals surface area contributed by atoms with Gasteiger partial charge >= 0.3 is 5.97 Å². The normalized spacial score (nSPS) is 12.3. The highest BCUT2D eigenvalue weighted by Gasteiger charge is 2.19. The first-order valence-corrected chi connectivity index (χ1v) is 6.94. The van der Waals surface area contributed by atoms with Crippen molar-refractivity contribution in [1.29, 1.82) is 0 Å². The van der Waals surface area contributed by atoms with Crippen LogP contribution in [0.3, 0.4) is 0 Å². The van der Waals surface area contributed by atoms with Crippen molar-refractivity contribution in [2.75, 3.05) is 0 Å². The van der Waals surface area contributed by atoms with Crippen molar-refractivity contribution < 1.29 is 9.90 Å². The molecule has 0 spiro atoms. The smallest absolute Gasteiger partial charge is 0.310 e. The second-order valence-electron chi connectivity index (χ2n) is 5.01. The van der Waals surface area contributed by atoms with Crippen molar-refractivity contribution in [3.05, 3.63) is 35.4 Å². The minimum atomic E-state index is -0.698. The van der Waals surface area contributed by atoms with Gasteiger partial charge in [0.05, 0.1) is 5.92 Å². The molecular formula is C16H24O2. The fourth-order valence-corrected chi connectivity index (χ4v) is 2.27. The Morgan fingerprint density at radius 1 is 1.22 bits per heavy atom. The van der Waals surface area contributed by atoms with Gasteiger partial charge in [-0.25, -0.2) is 0 Å². The van der Waals surface area contributed by atoms with Gasteiger partial charge in [-0.15, -0.1) is 0 Å². The molecule has 1 N–H and O–H groups in total. The summed E-state index contributed by atoms with van der Waals surface area (Å²) in [7, 11) is 0. The molecule has 0 radical (unpaired) electrons. The maximum Gasteiger partial charge on any atom is 0.310 e. The van der Waals surface area contributed by atoms with Crippen LogP contribution < -0.4 is 0 Å². The topological polar surface area (TPSA) is 37.3 Å². The molecule has 1 aromatic rings. The van der Waals surface area contributed by atoms with Crippen molar-refractivity contribution in [2.45, 2.75) is 58.3 Å². The van der Waals surface area contributed by atoms with Crippen LogP contribution in [0.5, 0.6) is 0 Å². The Bertz CT molecular complexity index is 371. The minimum Gasteiger partial charge on any atom is -0.481 e. The standard InChI is InChI=1S/C16H24O2/c1-3-4-5-6-7-11-15(16(17)18)14-10-8-9-13(2)12-14/h8-10,12,15H,3-7,11H2,1-2H3,(H,17,18). The first-order valence-electron chi connectivity index (χ1n) is 6.94. The number of aryl methyl sites for hydroxylation is 1. The summed E-state index contributed by atoms with van der Waals surface area (Å²) in [5.74, 6) is -1.04. The van der Waals surface area contributed by atoms with E-state index in [1.54, 1.807) is 0 Å². The summed E-state index contributed by atoms with van der Waals surface area (Å²) in [6, 6.07) is 7.87. The summed E-state index contributed by atoms with van der Waals surface area (Å²) in [4.78, 5) is 11.3. The molecule has 0 saturated carbocycles. The number of aliphatic carboxylic acids is 1. The summed E-state index contributed by atoms with van der Waals surface area (Å²) < 4.78 is 0. The minimum absolute atomic E-state index is 0.341. The SMILES string of the molecule is CCCCCCCC(C(=O)O)c1cccc(C)c1. The number of hydrogen-bond donors (Lipinski definition) is 1. The molecule has 0 fully saturated rings. The van der Waals surface area contributed by atoms with E-state index < -0.39 is 5.97 Å². The van der Waals surface area contributed by atoms with Crippen LogP contribution in [0.2, 0.25) is 0 Å². The average molecular weight is 248 g/mol. The van der Waals surface area contributed by atoms with E-state index in [0.717, 1.165) is 30.4 Å². The third kappa shape index (κ3) is 4.91. The highest BCUT2D eigenvalue weighted by Crippen LogP contribution is 2.24. The second-order valence-corrected chi connectivity index (χ2v) is 5.01. The largest absolute Gasteiger partial charge is 0.481 e. The maximum atomic E-state index is 11.3. The molecule has 0 aliphatic heterocycles. The van der Waals surface area contributed by atoms with E-state index in [1.807, 2.05) is 31.2 Å². The van der Waals surface area contributed by atoms with E-state index in [0.29, 0.717) is 0 Å². The molecule has 1 atom stereocenters. The Kier molecular flexibility index (Phi) is 6.48. The summed E-state index contributed by atoms with van der Waals surface area (Å²) >= 11 is 0. The zero-order valence-corrected chi connectivity index (χ0v) is 11.5. The van der Waals surface area contributed by atoms with Crippen molar-refractivity contribution in [3.63, 3.8) is 0 Å². The van der Waals surface area contributed by atoms with Crippen molar-refractivity contribution >= 4 is 5.97 Å². The average Bonchev–Trinajstić information content (AvgIpc) is 2.33. The van der Waals surface area contributed by atoms with Crippen LogP contribution in [0.1, 0.15) is 62.5 Å². The van der Waals surface area contributed by atoms with Gasteiger partial charge in [-0.1, -0.05) is 68.9 Å². The molecule has 0 aliphatic carbocycles. The lowest BCUT2D eigenvalue weighted by atomic mass is 9.92. The van der Waals surface area contributed by atoms with Gasteiger partial charge in [-0.2, -0.15) is 0 Å². The number of carboxylic acids is 1. The van der Waals surface area contributed by atoms with Crippen LogP contribution in [-0.2, 0) is 4.79 Å². The van der Waals surface area contributed by atoms with E-state index in [4.69, 9.17) is 0 Å². The third-order valence-corrected chi connectivity index (χ3v) is 3.34. The number of unbranched alkanes of at least 4 members (excludes halogenated alkanes) is 4. The molecule has 18 heavy (non-hydrogen) atoms. The predicted octanol–water partition coefficient (Wildman–Crippen LogP) is 4.52. The van der Waals surface area contributed by atoms with E-state index in [9.17, 15) is 9.90 Å². The molecule has 2 heteroatoms. The number of hydrogen-bond acceptors (Lipinski definition) is 1. The van der Waals surface area contributed by atoms with Gasteiger partial charge in [0.2, 0.25) is 0 Å². The third-order valence-electron chi connectivity index (χ3n) is 3.34. The van der Waals surface area contributed by atoms with Gasteiger partial charge in [0.15, 0.2) is 0 Å². The van der Waals surface area contributed by atoms with Gasteiger partial charge < -0.3 is 5.11 Å². The number of rotatable bonds is 8. The van der Waals surface area contributed by atoms with Crippen LogP contribution in [0, 0.1) is 6.92 Å². The molecule has 0 saturated heterocycles. The molecule has 0 amide bonds. The van der Waals surface area contributed by atoms with Crippen LogP contribution in [-0.4, -0.2) is 11.1 Å². The fraction of sp³-hybridized carbons (Fsp3) is 0.562. The Balaban J connectivity index is 2.53. The first-order chi connectivity index (χ1) is 8.65. The Labute approximate surface area is 110 Å². The molecule has 0 heterocycles. The maximum absolute atomic E-state index is 11.3. The lowest BCUT2D eigenvalue weighted by molar-refractivity contribution is -0.139. The number of benzene rings is 1. The van der Waals surface area contributed by atoms with E-state index >= 15 is 0 Å². The highest BCUT2D eigenvalue weighted by atomic mass is 16.4. The summed E-state index contributed by atoms with van der Waals surface area (Å²) in [5.41, 5.74) is 2.07. The fourth-order valence-electron chi connectivity index (χ4n) is 2.27. The van der Waals surface area contributed by atoms with E-state index in [1.165, 1.54) is 19.3 Å². The lowest BCUT2D eigenvalue weighted by Gasteiger charge is -2.13. The van der Waals surface area contributed by atoms with Gasteiger partial charge in [0.25, 0.3) is 0 Å².